The molecule has 9 heteroatoms. The largest absolute Gasteiger partial charge is 0.508 e. The number of rotatable bonds is 9. The van der Waals surface area contributed by atoms with Gasteiger partial charge in [0.25, 0.3) is 0 Å². The summed E-state index contributed by atoms with van der Waals surface area (Å²) in [7, 11) is 0. The van der Waals surface area contributed by atoms with Crippen molar-refractivity contribution in [1.82, 2.24) is 10.6 Å². The summed E-state index contributed by atoms with van der Waals surface area (Å²) in [5.41, 5.74) is -1.16. The molecule has 1 aromatic rings. The van der Waals surface area contributed by atoms with E-state index in [0.29, 0.717) is 5.56 Å². The molecule has 9 nitrogen and oxygen atoms in total. The number of hydrogen-bond donors (Lipinski definition) is 5. The van der Waals surface area contributed by atoms with E-state index in [9.17, 15) is 29.4 Å². The van der Waals surface area contributed by atoms with E-state index in [1.165, 1.54) is 12.1 Å². The lowest BCUT2D eigenvalue weighted by Crippen LogP contribution is -2.59. The molecule has 0 fully saturated rings. The Morgan fingerprint density at radius 2 is 1.47 bits per heavy atom. The van der Waals surface area contributed by atoms with Crippen LogP contribution in [0.2, 0.25) is 0 Å². The molecular weight excluding hydrogens is 392 g/mol. The lowest BCUT2D eigenvalue weighted by molar-refractivity contribution is -0.144. The summed E-state index contributed by atoms with van der Waals surface area (Å²) in [6.45, 7) is 8.49. The van der Waals surface area contributed by atoms with Crippen LogP contribution in [0.15, 0.2) is 24.3 Å². The highest BCUT2D eigenvalue weighted by atomic mass is 16.4. The number of hydrogen-bond acceptors (Lipinski definition) is 5. The second kappa shape index (κ2) is 9.60. The Balaban J connectivity index is 3.04. The predicted octanol–water partition coefficient (Wildman–Crippen LogP) is 1.63. The molecule has 0 bridgehead atoms. The maximum Gasteiger partial charge on any atom is 0.326 e. The second-order valence-electron chi connectivity index (χ2n) is 8.78. The molecule has 0 saturated carbocycles. The Bertz CT molecular complexity index is 795. The van der Waals surface area contributed by atoms with Gasteiger partial charge in [-0.2, -0.15) is 0 Å². The Labute approximate surface area is 175 Å². The molecule has 0 spiro atoms. The number of benzene rings is 1. The van der Waals surface area contributed by atoms with Gasteiger partial charge in [0.05, 0.1) is 5.41 Å². The molecule has 166 valence electrons. The summed E-state index contributed by atoms with van der Waals surface area (Å²) in [5.74, 6) is -3.64. The number of aliphatic carboxylic acids is 2. The van der Waals surface area contributed by atoms with Crippen LogP contribution in [0.25, 0.3) is 0 Å². The van der Waals surface area contributed by atoms with E-state index in [4.69, 9.17) is 5.11 Å². The molecular formula is C21H30N2O7. The number of carbonyl (C=O) groups is 4. The van der Waals surface area contributed by atoms with Crippen molar-refractivity contribution in [2.45, 2.75) is 65.0 Å². The highest BCUT2D eigenvalue weighted by molar-refractivity contribution is 5.94. The fourth-order valence-electron chi connectivity index (χ4n) is 2.78. The average Bonchev–Trinajstić information content (AvgIpc) is 2.61. The maximum atomic E-state index is 13.0. The molecule has 0 aromatic heterocycles. The van der Waals surface area contributed by atoms with Crippen LogP contribution in [0.5, 0.6) is 5.75 Å². The van der Waals surface area contributed by atoms with Gasteiger partial charge in [-0.05, 0) is 43.4 Å². The number of phenols is 1. The van der Waals surface area contributed by atoms with Crippen LogP contribution in [0.3, 0.4) is 0 Å². The molecule has 2 atom stereocenters. The van der Waals surface area contributed by atoms with Crippen LogP contribution in [-0.4, -0.2) is 51.2 Å². The summed E-state index contributed by atoms with van der Waals surface area (Å²) in [5, 5.41) is 32.5. The topological polar surface area (TPSA) is 153 Å². The van der Waals surface area contributed by atoms with Crippen LogP contribution in [-0.2, 0) is 24.6 Å². The average molecular weight is 422 g/mol. The van der Waals surface area contributed by atoms with Gasteiger partial charge in [0, 0.05) is 6.42 Å². The minimum atomic E-state index is -1.39. The van der Waals surface area contributed by atoms with Crippen molar-refractivity contribution in [2.24, 2.45) is 5.41 Å². The monoisotopic (exact) mass is 422 g/mol. The maximum absolute atomic E-state index is 13.0. The highest BCUT2D eigenvalue weighted by Gasteiger charge is 2.39. The van der Waals surface area contributed by atoms with Gasteiger partial charge in [-0.1, -0.05) is 32.9 Å². The molecule has 0 aliphatic rings. The number of carbonyl (C=O) groups excluding carboxylic acids is 2. The van der Waals surface area contributed by atoms with Gasteiger partial charge in [-0.25, -0.2) is 4.79 Å². The van der Waals surface area contributed by atoms with E-state index in [1.54, 1.807) is 46.8 Å². The molecule has 0 radical (unpaired) electrons. The first-order valence-electron chi connectivity index (χ1n) is 9.51. The van der Waals surface area contributed by atoms with Gasteiger partial charge in [-0.3, -0.25) is 14.4 Å². The smallest absolute Gasteiger partial charge is 0.326 e. The molecule has 30 heavy (non-hydrogen) atoms. The standard InChI is InChI=1S/C21H30N2O7/c1-20(2,3)16(17(27)22-14(18(28)29)10-11-15(25)26)23-19(30)21(4,5)12-6-8-13(24)9-7-12/h6-9,14,16,24H,10-11H2,1-5H3,(H,22,27)(H,23,30)(H,25,26)(H,28,29)/t14-,16-/m1/s1. The molecule has 0 heterocycles. The van der Waals surface area contributed by atoms with Crippen molar-refractivity contribution in [3.8, 4) is 5.75 Å². The van der Waals surface area contributed by atoms with Gasteiger partial charge in [0.15, 0.2) is 0 Å². The Morgan fingerprint density at radius 3 is 1.90 bits per heavy atom. The number of nitrogens with one attached hydrogen (secondary N) is 2. The normalized spacial score (nSPS) is 13.8. The van der Waals surface area contributed by atoms with E-state index in [2.05, 4.69) is 10.6 Å². The summed E-state index contributed by atoms with van der Waals surface area (Å²) in [4.78, 5) is 48.0. The van der Waals surface area contributed by atoms with Crippen molar-refractivity contribution in [1.29, 1.82) is 0 Å². The zero-order valence-electron chi connectivity index (χ0n) is 17.9. The van der Waals surface area contributed by atoms with Crippen LogP contribution < -0.4 is 10.6 Å². The second-order valence-corrected chi connectivity index (χ2v) is 8.78. The van der Waals surface area contributed by atoms with E-state index >= 15 is 0 Å². The number of carboxylic acids is 2. The van der Waals surface area contributed by atoms with Crippen molar-refractivity contribution in [3.05, 3.63) is 29.8 Å². The summed E-state index contributed by atoms with van der Waals surface area (Å²) in [6, 6.07) is 3.67. The first-order chi connectivity index (χ1) is 13.7. The quantitative estimate of drug-likeness (QED) is 0.405. The van der Waals surface area contributed by atoms with Gasteiger partial charge < -0.3 is 26.0 Å². The van der Waals surface area contributed by atoms with Gasteiger partial charge >= 0.3 is 11.9 Å². The Kier molecular flexibility index (Phi) is 7.98. The van der Waals surface area contributed by atoms with Crippen molar-refractivity contribution < 1.29 is 34.5 Å². The number of phenolic OH excluding ortho intramolecular Hbond substituents is 1. The molecule has 1 rings (SSSR count). The summed E-state index contributed by atoms with van der Waals surface area (Å²) in [6.07, 6.45) is -0.697. The summed E-state index contributed by atoms with van der Waals surface area (Å²) >= 11 is 0. The third kappa shape index (κ3) is 6.75. The third-order valence-electron chi connectivity index (χ3n) is 4.82. The van der Waals surface area contributed by atoms with Crippen LogP contribution >= 0.6 is 0 Å². The molecule has 0 saturated heterocycles. The zero-order chi connectivity index (χ0) is 23.3. The zero-order valence-corrected chi connectivity index (χ0v) is 17.9. The van der Waals surface area contributed by atoms with E-state index in [-0.39, 0.29) is 12.2 Å². The molecule has 0 unspecified atom stereocenters. The number of amides is 2. The lowest BCUT2D eigenvalue weighted by Gasteiger charge is -2.34. The van der Waals surface area contributed by atoms with Crippen LogP contribution in [0, 0.1) is 5.41 Å². The van der Waals surface area contributed by atoms with Crippen LogP contribution in [0.1, 0.15) is 53.0 Å². The Hall–Kier alpha value is -3.10. The SMILES string of the molecule is CC(C)(C(=O)N[C@H](C(=O)N[C@H](CCC(=O)O)C(=O)O)C(C)(C)C)c1ccc(O)cc1. The van der Waals surface area contributed by atoms with Gasteiger partial charge in [-0.15, -0.1) is 0 Å². The van der Waals surface area contributed by atoms with E-state index in [1.807, 2.05) is 0 Å². The fourth-order valence-corrected chi connectivity index (χ4v) is 2.78. The van der Waals surface area contributed by atoms with Gasteiger partial charge in [0.2, 0.25) is 11.8 Å². The molecule has 5 N–H and O–H groups in total. The lowest BCUT2D eigenvalue weighted by atomic mass is 9.81. The summed E-state index contributed by atoms with van der Waals surface area (Å²) < 4.78 is 0. The van der Waals surface area contributed by atoms with Gasteiger partial charge in [0.1, 0.15) is 17.8 Å². The third-order valence-corrected chi connectivity index (χ3v) is 4.82. The number of carboxylic acid groups (broad SMARTS) is 2. The first kappa shape index (κ1) is 24.9. The van der Waals surface area contributed by atoms with Crippen molar-refractivity contribution in [2.75, 3.05) is 0 Å². The minimum Gasteiger partial charge on any atom is -0.508 e. The molecule has 0 aliphatic carbocycles. The van der Waals surface area contributed by atoms with Crippen molar-refractivity contribution >= 4 is 23.8 Å². The minimum absolute atomic E-state index is 0.0583. The highest BCUT2D eigenvalue weighted by Crippen LogP contribution is 2.27. The van der Waals surface area contributed by atoms with E-state index in [0.717, 1.165) is 0 Å². The van der Waals surface area contributed by atoms with Crippen LogP contribution in [0.4, 0.5) is 0 Å². The predicted molar refractivity (Wildman–Crippen MR) is 109 cm³/mol. The molecule has 2 amide bonds. The van der Waals surface area contributed by atoms with E-state index < -0.39 is 53.1 Å². The molecule has 0 aliphatic heterocycles. The Morgan fingerprint density at radius 1 is 0.933 bits per heavy atom. The fraction of sp³-hybridized carbons (Fsp3) is 0.524. The number of aromatic hydroxyl groups is 1. The van der Waals surface area contributed by atoms with Crippen molar-refractivity contribution in [3.63, 3.8) is 0 Å². The molecule has 1 aromatic carbocycles. The first-order valence-corrected chi connectivity index (χ1v) is 9.51.